The van der Waals surface area contributed by atoms with E-state index in [0.29, 0.717) is 30.4 Å². The van der Waals surface area contributed by atoms with E-state index in [1.165, 1.54) is 0 Å². The fourth-order valence-corrected chi connectivity index (χ4v) is 3.00. The number of hydrogen-bond acceptors (Lipinski definition) is 3. The highest BCUT2D eigenvalue weighted by Gasteiger charge is 2.49. The zero-order chi connectivity index (χ0) is 18.1. The Morgan fingerprint density at radius 1 is 1.12 bits per heavy atom. The first kappa shape index (κ1) is 18.6. The first-order valence-electron chi connectivity index (χ1n) is 7.47. The molecule has 1 aromatic carbocycles. The van der Waals surface area contributed by atoms with Crippen LogP contribution in [0.3, 0.4) is 0 Å². The highest BCUT2D eigenvalue weighted by molar-refractivity contribution is 7.87. The second-order valence-electron chi connectivity index (χ2n) is 6.03. The van der Waals surface area contributed by atoms with Gasteiger partial charge in [0, 0.05) is 5.56 Å². The smallest absolute Gasteiger partial charge is 0.375 e. The van der Waals surface area contributed by atoms with Gasteiger partial charge in [-0.15, -0.1) is 0 Å². The van der Waals surface area contributed by atoms with Gasteiger partial charge in [0.25, 0.3) is 0 Å². The maximum atomic E-state index is 12.7. The van der Waals surface area contributed by atoms with Crippen molar-refractivity contribution in [3.8, 4) is 0 Å². The molecule has 0 aliphatic heterocycles. The van der Waals surface area contributed by atoms with Crippen molar-refractivity contribution in [3.05, 3.63) is 52.1 Å². The molecule has 24 heavy (non-hydrogen) atoms. The van der Waals surface area contributed by atoms with Crippen LogP contribution < -0.4 is 0 Å². The Kier molecular flexibility index (Phi) is 5.13. The minimum atomic E-state index is -5.70. The predicted molar refractivity (Wildman–Crippen MR) is 86.4 cm³/mol. The fraction of sp³-hybridized carbons (Fsp3) is 0.412. The second kappa shape index (κ2) is 6.63. The third-order valence-corrected chi connectivity index (χ3v) is 5.04. The lowest BCUT2D eigenvalue weighted by atomic mass is 9.87. The zero-order valence-corrected chi connectivity index (χ0v) is 14.5. The molecule has 3 nitrogen and oxygen atoms in total. The number of hydrogen-bond donors (Lipinski definition) is 0. The Labute approximate surface area is 140 Å². The van der Waals surface area contributed by atoms with Gasteiger partial charge in [0.1, 0.15) is 5.76 Å². The highest BCUT2D eigenvalue weighted by atomic mass is 32.2. The molecule has 1 aliphatic rings. The number of benzene rings is 1. The molecule has 1 aliphatic carbocycles. The summed E-state index contributed by atoms with van der Waals surface area (Å²) in [4.78, 5) is 0. The van der Waals surface area contributed by atoms with Crippen molar-refractivity contribution in [1.29, 1.82) is 0 Å². The lowest BCUT2D eigenvalue weighted by Gasteiger charge is -2.24. The van der Waals surface area contributed by atoms with E-state index in [9.17, 15) is 21.6 Å². The van der Waals surface area contributed by atoms with Gasteiger partial charge in [-0.1, -0.05) is 35.4 Å². The third-order valence-electron chi connectivity index (χ3n) is 4.09. The van der Waals surface area contributed by atoms with Crippen LogP contribution in [-0.4, -0.2) is 13.9 Å². The molecule has 0 saturated heterocycles. The number of rotatable bonds is 4. The quantitative estimate of drug-likeness (QED) is 0.433. The van der Waals surface area contributed by atoms with Crippen LogP contribution in [0.5, 0.6) is 0 Å². The topological polar surface area (TPSA) is 43.4 Å². The van der Waals surface area contributed by atoms with Crippen LogP contribution in [0.1, 0.15) is 44.7 Å². The highest BCUT2D eigenvalue weighted by Crippen LogP contribution is 2.39. The molecule has 7 heteroatoms. The van der Waals surface area contributed by atoms with Gasteiger partial charge in [0.05, 0.1) is 0 Å². The second-order valence-corrected chi connectivity index (χ2v) is 7.57. The molecule has 0 aromatic heterocycles. The van der Waals surface area contributed by atoms with E-state index in [1.54, 1.807) is 24.3 Å². The molecule has 1 aromatic rings. The number of alkyl halides is 3. The van der Waals surface area contributed by atoms with E-state index in [-0.39, 0.29) is 5.76 Å². The fourth-order valence-electron chi connectivity index (χ4n) is 2.48. The maximum absolute atomic E-state index is 12.7. The van der Waals surface area contributed by atoms with Crippen LogP contribution in [0.15, 0.2) is 41.0 Å². The van der Waals surface area contributed by atoms with E-state index >= 15 is 0 Å². The number of fused-ring (bicyclic) bond motifs is 1. The molecule has 0 radical (unpaired) electrons. The molecule has 0 fully saturated rings. The van der Waals surface area contributed by atoms with Crippen LogP contribution in [0.2, 0.25) is 0 Å². The van der Waals surface area contributed by atoms with Crippen LogP contribution >= 0.6 is 0 Å². The Hall–Kier alpha value is -1.76. The number of aryl methyl sites for hydroxylation is 1. The van der Waals surface area contributed by atoms with Crippen molar-refractivity contribution in [2.75, 3.05) is 0 Å². The standard InChI is InChI=1S/C17H19F3O3S/c1-11(2)12(3)10-14-9-8-13-6-4-5-7-15(13)16(14)23-24(21,22)17(18,19)20/h4-7H,8-10H2,1-3H3. The Balaban J connectivity index is 2.56. The summed E-state index contributed by atoms with van der Waals surface area (Å²) in [6.07, 6.45) is 1.49. The van der Waals surface area contributed by atoms with Crippen molar-refractivity contribution in [2.45, 2.75) is 45.5 Å². The summed E-state index contributed by atoms with van der Waals surface area (Å²) in [6.45, 7) is 5.68. The summed E-state index contributed by atoms with van der Waals surface area (Å²) >= 11 is 0. The summed E-state index contributed by atoms with van der Waals surface area (Å²) in [5, 5.41) is 0. The molecule has 132 valence electrons. The lowest BCUT2D eigenvalue weighted by molar-refractivity contribution is -0.0509. The molecule has 0 saturated carbocycles. The molecule has 0 atom stereocenters. The van der Waals surface area contributed by atoms with Gasteiger partial charge in [0.2, 0.25) is 0 Å². The summed E-state index contributed by atoms with van der Waals surface area (Å²) < 4.78 is 65.8. The van der Waals surface area contributed by atoms with Crippen molar-refractivity contribution < 1.29 is 25.8 Å². The first-order valence-corrected chi connectivity index (χ1v) is 8.88. The molecule has 0 N–H and O–H groups in total. The number of halogens is 3. The van der Waals surface area contributed by atoms with E-state index in [2.05, 4.69) is 4.18 Å². The minimum absolute atomic E-state index is 0.185. The van der Waals surface area contributed by atoms with E-state index < -0.39 is 15.6 Å². The van der Waals surface area contributed by atoms with Crippen LogP contribution in [0.4, 0.5) is 13.2 Å². The van der Waals surface area contributed by atoms with Gasteiger partial charge in [0.15, 0.2) is 0 Å². The SMILES string of the molecule is CC(C)=C(C)CC1=C(OS(=O)(=O)C(F)(F)F)c2ccccc2CC1. The van der Waals surface area contributed by atoms with Gasteiger partial charge >= 0.3 is 15.6 Å². The normalized spacial score (nSPS) is 15.1. The van der Waals surface area contributed by atoms with Crippen molar-refractivity contribution >= 4 is 15.9 Å². The molecule has 2 rings (SSSR count). The first-order chi connectivity index (χ1) is 11.0. The molecule has 0 unspecified atom stereocenters. The summed E-state index contributed by atoms with van der Waals surface area (Å²) in [5.74, 6) is -0.185. The summed E-state index contributed by atoms with van der Waals surface area (Å²) in [5.41, 5.74) is -1.67. The predicted octanol–water partition coefficient (Wildman–Crippen LogP) is 4.96. The average molecular weight is 360 g/mol. The Bertz CT molecular complexity index is 799. The van der Waals surface area contributed by atoms with Crippen LogP contribution in [0, 0.1) is 0 Å². The summed E-state index contributed by atoms with van der Waals surface area (Å²) in [6, 6.07) is 6.77. The lowest BCUT2D eigenvalue weighted by Crippen LogP contribution is -2.26. The van der Waals surface area contributed by atoms with Crippen molar-refractivity contribution in [3.63, 3.8) is 0 Å². The third kappa shape index (κ3) is 3.83. The Morgan fingerprint density at radius 3 is 2.33 bits per heavy atom. The van der Waals surface area contributed by atoms with E-state index in [4.69, 9.17) is 0 Å². The van der Waals surface area contributed by atoms with Gasteiger partial charge < -0.3 is 4.18 Å². The van der Waals surface area contributed by atoms with Crippen LogP contribution in [-0.2, 0) is 20.7 Å². The molecular weight excluding hydrogens is 341 g/mol. The van der Waals surface area contributed by atoms with Gasteiger partial charge in [-0.3, -0.25) is 0 Å². The zero-order valence-electron chi connectivity index (χ0n) is 13.7. The van der Waals surface area contributed by atoms with Gasteiger partial charge in [-0.2, -0.15) is 21.6 Å². The molecule has 0 amide bonds. The average Bonchev–Trinajstić information content (AvgIpc) is 2.48. The molecule has 0 spiro atoms. The Morgan fingerprint density at radius 2 is 1.75 bits per heavy atom. The van der Waals surface area contributed by atoms with E-state index in [0.717, 1.165) is 16.7 Å². The molecule has 0 bridgehead atoms. The van der Waals surface area contributed by atoms with Gasteiger partial charge in [-0.05, 0) is 51.2 Å². The van der Waals surface area contributed by atoms with Gasteiger partial charge in [-0.25, -0.2) is 0 Å². The van der Waals surface area contributed by atoms with Crippen molar-refractivity contribution in [1.82, 2.24) is 0 Å². The molecular formula is C17H19F3O3S. The summed E-state index contributed by atoms with van der Waals surface area (Å²) in [7, 11) is -5.70. The monoisotopic (exact) mass is 360 g/mol. The molecule has 0 heterocycles. The minimum Gasteiger partial charge on any atom is -0.375 e. The van der Waals surface area contributed by atoms with Crippen molar-refractivity contribution in [2.24, 2.45) is 0 Å². The largest absolute Gasteiger partial charge is 0.534 e. The van der Waals surface area contributed by atoms with Crippen LogP contribution in [0.25, 0.3) is 5.76 Å². The van der Waals surface area contributed by atoms with E-state index in [1.807, 2.05) is 20.8 Å². The number of allylic oxidation sites excluding steroid dienone is 3. The maximum Gasteiger partial charge on any atom is 0.534 e.